The summed E-state index contributed by atoms with van der Waals surface area (Å²) in [5, 5.41) is 0.944. The van der Waals surface area contributed by atoms with Crippen LogP contribution in [0.25, 0.3) is 10.2 Å². The number of methoxy groups -OCH3 is 1. The van der Waals surface area contributed by atoms with E-state index in [0.717, 1.165) is 48.4 Å². The maximum atomic E-state index is 11.8. The lowest BCUT2D eigenvalue weighted by Gasteiger charge is -2.33. The number of esters is 1. The van der Waals surface area contributed by atoms with Crippen LogP contribution in [0.2, 0.25) is 0 Å². The number of nitrogens with zero attached hydrogens (tertiary/aromatic N) is 3. The highest BCUT2D eigenvalue weighted by molar-refractivity contribution is 7.20. The average molecular weight is 367 g/mol. The Morgan fingerprint density at radius 3 is 2.73 bits per heavy atom. The Kier molecular flexibility index (Phi) is 4.84. The van der Waals surface area contributed by atoms with Crippen molar-refractivity contribution in [2.45, 2.75) is 19.3 Å². The fourth-order valence-corrected chi connectivity index (χ4v) is 4.50. The van der Waals surface area contributed by atoms with Gasteiger partial charge in [0.1, 0.15) is 21.9 Å². The number of carbonyl (C=O) groups excluding carboxylic acids is 1. The summed E-state index contributed by atoms with van der Waals surface area (Å²) in [5.41, 5.74) is 1.41. The van der Waals surface area contributed by atoms with Crippen LogP contribution in [0.4, 0.5) is 5.82 Å². The first-order valence-corrected chi connectivity index (χ1v) is 9.68. The normalized spacial score (nSPS) is 15.3. The van der Waals surface area contributed by atoms with Crippen LogP contribution in [-0.4, -0.2) is 36.1 Å². The largest absolute Gasteiger partial charge is 0.465 e. The molecule has 1 aromatic carbocycles. The second kappa shape index (κ2) is 7.41. The highest BCUT2D eigenvalue weighted by atomic mass is 32.1. The first-order valence-electron chi connectivity index (χ1n) is 8.86. The van der Waals surface area contributed by atoms with Crippen molar-refractivity contribution in [3.63, 3.8) is 0 Å². The smallest absolute Gasteiger partial charge is 0.348 e. The van der Waals surface area contributed by atoms with Gasteiger partial charge in [-0.05, 0) is 36.8 Å². The molecule has 2 aromatic heterocycles. The highest BCUT2D eigenvalue weighted by Gasteiger charge is 2.23. The molecular formula is C20H21N3O2S. The van der Waals surface area contributed by atoms with Crippen LogP contribution in [0.1, 0.15) is 28.1 Å². The van der Waals surface area contributed by atoms with E-state index in [1.165, 1.54) is 24.0 Å². The van der Waals surface area contributed by atoms with Crippen molar-refractivity contribution in [1.82, 2.24) is 9.97 Å². The predicted molar refractivity (Wildman–Crippen MR) is 104 cm³/mol. The van der Waals surface area contributed by atoms with Gasteiger partial charge in [0, 0.05) is 13.1 Å². The molecule has 3 heterocycles. The van der Waals surface area contributed by atoms with Crippen molar-refractivity contribution in [3.8, 4) is 0 Å². The number of fused-ring (bicyclic) bond motifs is 1. The average Bonchev–Trinajstić information content (AvgIpc) is 3.13. The maximum absolute atomic E-state index is 11.8. The molecule has 26 heavy (non-hydrogen) atoms. The number of aromatic nitrogens is 2. The minimum absolute atomic E-state index is 0.319. The topological polar surface area (TPSA) is 55.3 Å². The summed E-state index contributed by atoms with van der Waals surface area (Å²) in [5.74, 6) is 1.32. The van der Waals surface area contributed by atoms with E-state index < -0.39 is 0 Å². The quantitative estimate of drug-likeness (QED) is 0.654. The van der Waals surface area contributed by atoms with Gasteiger partial charge in [-0.15, -0.1) is 11.3 Å². The highest BCUT2D eigenvalue weighted by Crippen LogP contribution is 2.33. The number of hydrogen-bond acceptors (Lipinski definition) is 6. The zero-order valence-corrected chi connectivity index (χ0v) is 15.5. The van der Waals surface area contributed by atoms with E-state index >= 15 is 0 Å². The number of rotatable bonds is 4. The van der Waals surface area contributed by atoms with Gasteiger partial charge in [0.2, 0.25) is 0 Å². The summed E-state index contributed by atoms with van der Waals surface area (Å²) in [7, 11) is 1.40. The molecule has 1 aliphatic heterocycles. The fourth-order valence-electron chi connectivity index (χ4n) is 3.59. The van der Waals surface area contributed by atoms with Gasteiger partial charge in [-0.25, -0.2) is 14.8 Å². The lowest BCUT2D eigenvalue weighted by molar-refractivity contribution is 0.0606. The van der Waals surface area contributed by atoms with Crippen molar-refractivity contribution in [2.75, 3.05) is 25.1 Å². The lowest BCUT2D eigenvalue weighted by Crippen LogP contribution is -2.35. The summed E-state index contributed by atoms with van der Waals surface area (Å²) in [6, 6.07) is 12.6. The van der Waals surface area contributed by atoms with E-state index in [1.807, 2.05) is 6.07 Å². The zero-order chi connectivity index (χ0) is 17.9. The molecule has 0 radical (unpaired) electrons. The molecule has 0 atom stereocenters. The molecule has 0 saturated carbocycles. The van der Waals surface area contributed by atoms with Crippen LogP contribution in [0.15, 0.2) is 42.7 Å². The summed E-state index contributed by atoms with van der Waals surface area (Å²) in [4.78, 5) is 24.4. The molecule has 1 aliphatic rings. The first-order chi connectivity index (χ1) is 12.7. The Bertz CT molecular complexity index is 902. The monoisotopic (exact) mass is 367 g/mol. The minimum atomic E-state index is -0.319. The second-order valence-corrected chi connectivity index (χ2v) is 7.67. The SMILES string of the molecule is COC(=O)c1cc2c(N3CCC(Cc4ccccc4)CC3)ncnc2s1. The van der Waals surface area contributed by atoms with E-state index in [1.54, 1.807) is 6.33 Å². The fraction of sp³-hybridized carbons (Fsp3) is 0.350. The van der Waals surface area contributed by atoms with E-state index in [0.29, 0.717) is 10.8 Å². The number of thiophene rings is 1. The molecule has 134 valence electrons. The Balaban J connectivity index is 1.49. The van der Waals surface area contributed by atoms with Crippen LogP contribution in [0.5, 0.6) is 0 Å². The van der Waals surface area contributed by atoms with Crippen molar-refractivity contribution in [3.05, 3.63) is 53.2 Å². The third-order valence-corrected chi connectivity index (χ3v) is 6.00. The molecule has 0 aliphatic carbocycles. The summed E-state index contributed by atoms with van der Waals surface area (Å²) >= 11 is 1.36. The van der Waals surface area contributed by atoms with Crippen molar-refractivity contribution >= 4 is 33.3 Å². The van der Waals surface area contributed by atoms with Gasteiger partial charge in [-0.1, -0.05) is 30.3 Å². The van der Waals surface area contributed by atoms with E-state index in [-0.39, 0.29) is 5.97 Å². The Morgan fingerprint density at radius 2 is 2.00 bits per heavy atom. The van der Waals surface area contributed by atoms with Gasteiger partial charge >= 0.3 is 5.97 Å². The van der Waals surface area contributed by atoms with E-state index in [9.17, 15) is 4.79 Å². The van der Waals surface area contributed by atoms with Crippen LogP contribution in [-0.2, 0) is 11.2 Å². The molecule has 1 saturated heterocycles. The number of anilines is 1. The molecule has 0 bridgehead atoms. The third kappa shape index (κ3) is 3.42. The molecule has 3 aromatic rings. The Hall–Kier alpha value is -2.47. The summed E-state index contributed by atoms with van der Waals surface area (Å²) in [6.45, 7) is 1.96. The van der Waals surface area contributed by atoms with Crippen LogP contribution >= 0.6 is 11.3 Å². The molecule has 0 unspecified atom stereocenters. The molecule has 0 spiro atoms. The van der Waals surface area contributed by atoms with Gasteiger partial charge in [0.15, 0.2) is 0 Å². The number of hydrogen-bond donors (Lipinski definition) is 0. The van der Waals surface area contributed by atoms with Crippen molar-refractivity contribution < 1.29 is 9.53 Å². The molecule has 5 nitrogen and oxygen atoms in total. The second-order valence-electron chi connectivity index (χ2n) is 6.64. The number of benzene rings is 1. The molecule has 6 heteroatoms. The summed E-state index contributed by atoms with van der Waals surface area (Å²) < 4.78 is 4.83. The molecule has 0 amide bonds. The number of ether oxygens (including phenoxy) is 1. The van der Waals surface area contributed by atoms with Crippen molar-refractivity contribution in [2.24, 2.45) is 5.92 Å². The maximum Gasteiger partial charge on any atom is 0.348 e. The van der Waals surface area contributed by atoms with Crippen LogP contribution in [0, 0.1) is 5.92 Å². The van der Waals surface area contributed by atoms with E-state index in [4.69, 9.17) is 4.74 Å². The molecular weight excluding hydrogens is 346 g/mol. The van der Waals surface area contributed by atoms with Gasteiger partial charge in [0.05, 0.1) is 12.5 Å². The van der Waals surface area contributed by atoms with Gasteiger partial charge in [-0.2, -0.15) is 0 Å². The lowest BCUT2D eigenvalue weighted by atomic mass is 9.90. The Labute approximate surface area is 156 Å². The van der Waals surface area contributed by atoms with Gasteiger partial charge < -0.3 is 9.64 Å². The molecule has 4 rings (SSSR count). The zero-order valence-electron chi connectivity index (χ0n) is 14.7. The number of carbonyl (C=O) groups is 1. The first kappa shape index (κ1) is 17.0. The minimum Gasteiger partial charge on any atom is -0.465 e. The van der Waals surface area contributed by atoms with Crippen molar-refractivity contribution in [1.29, 1.82) is 0 Å². The van der Waals surface area contributed by atoms with Crippen LogP contribution in [0.3, 0.4) is 0 Å². The molecule has 1 fully saturated rings. The predicted octanol–water partition coefficient (Wildman–Crippen LogP) is 3.94. The van der Waals surface area contributed by atoms with Crippen LogP contribution < -0.4 is 4.90 Å². The number of piperidine rings is 1. The summed E-state index contributed by atoms with van der Waals surface area (Å²) in [6.07, 6.45) is 5.02. The van der Waals surface area contributed by atoms with E-state index in [2.05, 4.69) is 45.2 Å². The van der Waals surface area contributed by atoms with Gasteiger partial charge in [0.25, 0.3) is 0 Å². The van der Waals surface area contributed by atoms with Gasteiger partial charge in [-0.3, -0.25) is 0 Å². The molecule has 0 N–H and O–H groups in total. The Morgan fingerprint density at radius 1 is 1.23 bits per heavy atom. The standard InChI is InChI=1S/C20H21N3O2S/c1-25-20(24)17-12-16-18(21-13-22-19(16)26-17)23-9-7-15(8-10-23)11-14-5-3-2-4-6-14/h2-6,12-13,15H,7-11H2,1H3. The third-order valence-electron chi connectivity index (χ3n) is 4.98.